The number of halogens is 3. The van der Waals surface area contributed by atoms with Crippen molar-refractivity contribution in [2.45, 2.75) is 32.5 Å². The van der Waals surface area contributed by atoms with Crippen LogP contribution >= 0.6 is 0 Å². The van der Waals surface area contributed by atoms with Gasteiger partial charge in [0.25, 0.3) is 5.69 Å². The van der Waals surface area contributed by atoms with Crippen LogP contribution in [-0.4, -0.2) is 17.9 Å². The lowest BCUT2D eigenvalue weighted by Crippen LogP contribution is -2.16. The van der Waals surface area contributed by atoms with Crippen molar-refractivity contribution in [2.24, 2.45) is 0 Å². The Morgan fingerprint density at radius 3 is 2.35 bits per heavy atom. The molecule has 0 aromatic heterocycles. The number of benzene rings is 2. The maximum Gasteiger partial charge on any atom is 0.573 e. The van der Waals surface area contributed by atoms with E-state index in [4.69, 9.17) is 4.74 Å². The molecule has 2 aromatic carbocycles. The van der Waals surface area contributed by atoms with Crippen LogP contribution in [0, 0.1) is 10.1 Å². The molecule has 0 spiro atoms. The van der Waals surface area contributed by atoms with E-state index in [1.54, 1.807) is 0 Å². The minimum absolute atomic E-state index is 0.115. The van der Waals surface area contributed by atoms with E-state index in [1.165, 1.54) is 42.5 Å². The fourth-order valence-electron chi connectivity index (χ4n) is 2.35. The third-order valence-electron chi connectivity index (χ3n) is 3.58. The van der Waals surface area contributed by atoms with Gasteiger partial charge in [-0.25, -0.2) is 0 Å². The Hall–Kier alpha value is -2.77. The van der Waals surface area contributed by atoms with Crippen molar-refractivity contribution in [3.63, 3.8) is 0 Å². The van der Waals surface area contributed by atoms with Gasteiger partial charge in [0.2, 0.25) is 0 Å². The highest BCUT2D eigenvalue weighted by atomic mass is 19.4. The first kappa shape index (κ1) is 19.6. The lowest BCUT2D eigenvalue weighted by atomic mass is 10.0. The van der Waals surface area contributed by atoms with Gasteiger partial charge < -0.3 is 9.47 Å². The number of nitrogens with zero attached hydrogens (tertiary/aromatic N) is 1. The highest BCUT2D eigenvalue weighted by Gasteiger charge is 2.31. The molecule has 0 saturated heterocycles. The Bertz CT molecular complexity index is 745. The van der Waals surface area contributed by atoms with Crippen LogP contribution in [0.25, 0.3) is 11.1 Å². The zero-order valence-electron chi connectivity index (χ0n) is 14.1. The summed E-state index contributed by atoms with van der Waals surface area (Å²) in [5, 5.41) is 11.0. The largest absolute Gasteiger partial charge is 0.573 e. The standard InChI is InChI=1S/C18H18F3NO4/c1-2-3-4-11-25-17-12-14(22(23)24)7-10-16(17)13-5-8-15(9-6-13)26-18(19,20)21/h5-10,12H,2-4,11H2,1H3. The van der Waals surface area contributed by atoms with Crippen molar-refractivity contribution >= 4 is 5.69 Å². The Morgan fingerprint density at radius 1 is 1.08 bits per heavy atom. The van der Waals surface area contributed by atoms with Crippen LogP contribution in [0.2, 0.25) is 0 Å². The molecule has 0 saturated carbocycles. The summed E-state index contributed by atoms with van der Waals surface area (Å²) < 4.78 is 46.3. The molecule has 0 bridgehead atoms. The zero-order chi connectivity index (χ0) is 19.2. The summed E-state index contributed by atoms with van der Waals surface area (Å²) in [4.78, 5) is 10.5. The fraction of sp³-hybridized carbons (Fsp3) is 0.333. The summed E-state index contributed by atoms with van der Waals surface area (Å²) in [6.45, 7) is 2.45. The second kappa shape index (κ2) is 8.55. The monoisotopic (exact) mass is 369 g/mol. The first-order valence-corrected chi connectivity index (χ1v) is 8.07. The summed E-state index contributed by atoms with van der Waals surface area (Å²) in [5.41, 5.74) is 1.02. The van der Waals surface area contributed by atoms with Crippen LogP contribution in [0.4, 0.5) is 18.9 Å². The van der Waals surface area contributed by atoms with E-state index in [9.17, 15) is 23.3 Å². The van der Waals surface area contributed by atoms with Gasteiger partial charge >= 0.3 is 6.36 Å². The number of hydrogen-bond acceptors (Lipinski definition) is 4. The second-order valence-electron chi connectivity index (χ2n) is 5.57. The number of hydrogen-bond donors (Lipinski definition) is 0. The highest BCUT2D eigenvalue weighted by molar-refractivity contribution is 5.72. The Kier molecular flexibility index (Phi) is 6.43. The van der Waals surface area contributed by atoms with E-state index in [2.05, 4.69) is 4.74 Å². The lowest BCUT2D eigenvalue weighted by molar-refractivity contribution is -0.384. The maximum absolute atomic E-state index is 12.2. The number of ether oxygens (including phenoxy) is 2. The van der Waals surface area contributed by atoms with E-state index >= 15 is 0 Å². The number of non-ortho nitro benzene ring substituents is 1. The summed E-state index contributed by atoms with van der Waals surface area (Å²) in [6, 6.07) is 9.43. The number of alkyl halides is 3. The van der Waals surface area contributed by atoms with Gasteiger partial charge in [-0.2, -0.15) is 0 Å². The smallest absolute Gasteiger partial charge is 0.493 e. The predicted octanol–water partition coefficient (Wildman–Crippen LogP) is 5.73. The number of nitro benzene ring substituents is 1. The first-order valence-electron chi connectivity index (χ1n) is 8.07. The fourth-order valence-corrected chi connectivity index (χ4v) is 2.35. The average Bonchev–Trinajstić information content (AvgIpc) is 2.58. The number of rotatable bonds is 8. The van der Waals surface area contributed by atoms with Gasteiger partial charge in [-0.05, 0) is 30.2 Å². The molecule has 0 amide bonds. The normalized spacial score (nSPS) is 11.2. The minimum Gasteiger partial charge on any atom is -0.493 e. The molecule has 0 atom stereocenters. The SMILES string of the molecule is CCCCCOc1cc([N+](=O)[O-])ccc1-c1ccc(OC(F)(F)F)cc1. The highest BCUT2D eigenvalue weighted by Crippen LogP contribution is 2.35. The molecule has 0 aliphatic rings. The van der Waals surface area contributed by atoms with Crippen LogP contribution in [0.3, 0.4) is 0 Å². The summed E-state index contributed by atoms with van der Waals surface area (Å²) in [6.07, 6.45) is -1.99. The van der Waals surface area contributed by atoms with Gasteiger partial charge in [-0.15, -0.1) is 13.2 Å². The zero-order valence-corrected chi connectivity index (χ0v) is 14.1. The Balaban J connectivity index is 2.27. The van der Waals surface area contributed by atoms with Crippen LogP contribution in [0.5, 0.6) is 11.5 Å². The van der Waals surface area contributed by atoms with E-state index in [-0.39, 0.29) is 11.4 Å². The van der Waals surface area contributed by atoms with Crippen molar-refractivity contribution in [1.29, 1.82) is 0 Å². The quantitative estimate of drug-likeness (QED) is 0.339. The molecule has 0 aliphatic carbocycles. The molecule has 0 unspecified atom stereocenters. The summed E-state index contributed by atoms with van der Waals surface area (Å²) in [5.74, 6) is -0.0200. The van der Waals surface area contributed by atoms with Gasteiger partial charge in [0.1, 0.15) is 11.5 Å². The molecule has 2 aromatic rings. The van der Waals surface area contributed by atoms with Crippen LogP contribution in [-0.2, 0) is 0 Å². The molecular formula is C18H18F3NO4. The molecule has 0 N–H and O–H groups in total. The van der Waals surface area contributed by atoms with Crippen molar-refractivity contribution in [3.8, 4) is 22.6 Å². The molecule has 2 rings (SSSR count). The average molecular weight is 369 g/mol. The van der Waals surface area contributed by atoms with Gasteiger partial charge in [0.05, 0.1) is 17.6 Å². The van der Waals surface area contributed by atoms with Crippen LogP contribution in [0.15, 0.2) is 42.5 Å². The molecule has 0 heterocycles. The maximum atomic E-state index is 12.2. The molecule has 8 heteroatoms. The summed E-state index contributed by atoms with van der Waals surface area (Å²) >= 11 is 0. The molecule has 0 aliphatic heterocycles. The van der Waals surface area contributed by atoms with E-state index < -0.39 is 11.3 Å². The first-order chi connectivity index (χ1) is 12.3. The van der Waals surface area contributed by atoms with Crippen molar-refractivity contribution in [3.05, 3.63) is 52.6 Å². The Morgan fingerprint density at radius 2 is 1.77 bits per heavy atom. The summed E-state index contributed by atoms with van der Waals surface area (Å²) in [7, 11) is 0. The van der Waals surface area contributed by atoms with Crippen molar-refractivity contribution in [1.82, 2.24) is 0 Å². The predicted molar refractivity (Wildman–Crippen MR) is 90.2 cm³/mol. The molecule has 5 nitrogen and oxygen atoms in total. The molecule has 140 valence electrons. The van der Waals surface area contributed by atoms with Gasteiger partial charge in [-0.1, -0.05) is 31.9 Å². The van der Waals surface area contributed by atoms with Crippen molar-refractivity contribution in [2.75, 3.05) is 6.61 Å². The van der Waals surface area contributed by atoms with Gasteiger partial charge in [0.15, 0.2) is 0 Å². The minimum atomic E-state index is -4.76. The topological polar surface area (TPSA) is 61.6 Å². The van der Waals surface area contributed by atoms with Gasteiger partial charge in [0, 0.05) is 11.6 Å². The molecule has 0 radical (unpaired) electrons. The van der Waals surface area contributed by atoms with E-state index in [0.717, 1.165) is 19.3 Å². The number of unbranched alkanes of at least 4 members (excludes halogenated alkanes) is 2. The van der Waals surface area contributed by atoms with E-state index in [0.29, 0.717) is 23.5 Å². The lowest BCUT2D eigenvalue weighted by Gasteiger charge is -2.13. The molecule has 0 fully saturated rings. The van der Waals surface area contributed by atoms with Crippen LogP contribution in [0.1, 0.15) is 26.2 Å². The molecular weight excluding hydrogens is 351 g/mol. The van der Waals surface area contributed by atoms with Crippen LogP contribution < -0.4 is 9.47 Å². The van der Waals surface area contributed by atoms with Crippen molar-refractivity contribution < 1.29 is 27.6 Å². The van der Waals surface area contributed by atoms with Gasteiger partial charge in [-0.3, -0.25) is 10.1 Å². The Labute approximate surface area is 148 Å². The second-order valence-corrected chi connectivity index (χ2v) is 5.57. The third-order valence-corrected chi connectivity index (χ3v) is 3.58. The third kappa shape index (κ3) is 5.65. The molecule has 26 heavy (non-hydrogen) atoms. The number of nitro groups is 1. The van der Waals surface area contributed by atoms with E-state index in [1.807, 2.05) is 6.92 Å².